The van der Waals surface area contributed by atoms with Gasteiger partial charge in [-0.1, -0.05) is 24.0 Å². The highest BCUT2D eigenvalue weighted by molar-refractivity contribution is 7.92. The van der Waals surface area contributed by atoms with E-state index in [2.05, 4.69) is 28.9 Å². The predicted molar refractivity (Wildman–Crippen MR) is 163 cm³/mol. The van der Waals surface area contributed by atoms with Crippen molar-refractivity contribution in [3.05, 3.63) is 95.1 Å². The maximum absolute atomic E-state index is 12.7. The highest BCUT2D eigenvalue weighted by atomic mass is 32.2. The van der Waals surface area contributed by atoms with Crippen LogP contribution in [0, 0.1) is 18.8 Å². The molecule has 218 valence electrons. The zero-order chi connectivity index (χ0) is 29.3. The lowest BCUT2D eigenvalue weighted by Gasteiger charge is -2.24. The maximum atomic E-state index is 12.7. The molecule has 2 aliphatic rings. The first-order chi connectivity index (χ1) is 20.5. The van der Waals surface area contributed by atoms with Crippen molar-refractivity contribution in [2.24, 2.45) is 0 Å². The predicted octanol–water partition coefficient (Wildman–Crippen LogP) is 4.92. The Hall–Kier alpha value is -3.74. The van der Waals surface area contributed by atoms with Crippen LogP contribution >= 0.6 is 0 Å². The quantitative estimate of drug-likeness (QED) is 0.252. The molecule has 1 saturated heterocycles. The number of ether oxygens (including phenoxy) is 3. The van der Waals surface area contributed by atoms with Gasteiger partial charge in [-0.25, -0.2) is 4.79 Å². The molecule has 1 unspecified atom stereocenters. The van der Waals surface area contributed by atoms with Crippen molar-refractivity contribution < 1.29 is 28.7 Å². The highest BCUT2D eigenvalue weighted by Crippen LogP contribution is 2.34. The van der Waals surface area contributed by atoms with E-state index in [4.69, 9.17) is 19.3 Å². The molecule has 3 aromatic rings. The van der Waals surface area contributed by atoms with Crippen LogP contribution in [0.2, 0.25) is 0 Å². The van der Waals surface area contributed by atoms with Gasteiger partial charge in [0.15, 0.2) is 11.5 Å². The van der Waals surface area contributed by atoms with Gasteiger partial charge in [0.25, 0.3) is 0 Å². The van der Waals surface area contributed by atoms with Gasteiger partial charge in [-0.15, -0.1) is 0 Å². The molecule has 2 fully saturated rings. The molecule has 0 radical (unpaired) electrons. The van der Waals surface area contributed by atoms with Crippen LogP contribution in [0.15, 0.2) is 77.7 Å². The van der Waals surface area contributed by atoms with Gasteiger partial charge >= 0.3 is 5.97 Å². The molecular weight excluding hydrogens is 550 g/mol. The molecule has 1 saturated carbocycles. The Morgan fingerprint density at radius 1 is 1.05 bits per heavy atom. The van der Waals surface area contributed by atoms with E-state index in [1.54, 1.807) is 12.1 Å². The van der Waals surface area contributed by atoms with Crippen LogP contribution in [0.25, 0.3) is 5.57 Å². The van der Waals surface area contributed by atoms with E-state index in [1.165, 1.54) is 0 Å². The Bertz CT molecular complexity index is 1450. The van der Waals surface area contributed by atoms with Crippen molar-refractivity contribution in [2.75, 3.05) is 46.1 Å². The fourth-order valence-corrected chi connectivity index (χ4v) is 5.98. The summed E-state index contributed by atoms with van der Waals surface area (Å²) in [6, 6.07) is 21.5. The molecule has 0 amide bonds. The SMILES string of the molecule is Cc1cc(OC/C=C(\c2ccc(C#CCN3CCOCC3)cc2)c2ccc([S+]([O-])C3CC3)cc2)ccc1OCC(=O)O. The minimum absolute atomic E-state index is 0.292. The van der Waals surface area contributed by atoms with Crippen molar-refractivity contribution in [3.63, 3.8) is 0 Å². The Morgan fingerprint density at radius 2 is 1.74 bits per heavy atom. The second kappa shape index (κ2) is 14.4. The Labute approximate surface area is 250 Å². The first-order valence-corrected chi connectivity index (χ1v) is 15.4. The van der Waals surface area contributed by atoms with Gasteiger partial charge in [-0.05, 0) is 101 Å². The van der Waals surface area contributed by atoms with Gasteiger partial charge in [-0.2, -0.15) is 0 Å². The highest BCUT2D eigenvalue weighted by Gasteiger charge is 2.35. The number of aliphatic carboxylic acids is 1. The minimum Gasteiger partial charge on any atom is -0.611 e. The molecule has 0 bridgehead atoms. The van der Waals surface area contributed by atoms with Crippen molar-refractivity contribution in [3.8, 4) is 23.3 Å². The van der Waals surface area contributed by atoms with Crippen molar-refractivity contribution >= 4 is 22.7 Å². The number of nitrogens with zero attached hydrogens (tertiary/aromatic N) is 1. The summed E-state index contributed by atoms with van der Waals surface area (Å²) in [4.78, 5) is 14.0. The molecule has 1 aliphatic carbocycles. The number of rotatable bonds is 11. The van der Waals surface area contributed by atoms with E-state index in [9.17, 15) is 9.35 Å². The standard InChI is InChI=1S/C34H35NO6S/c1-25-23-29(10-15-33(25)41-24-34(36)37)40-20-16-32(28-8-11-30(12-9-28)42(38)31-13-14-31)27-6-4-26(5-7-27)3-2-17-35-18-21-39-22-19-35/h4-12,15-16,23,31H,13-14,17-22,24H2,1H3,(H,36,37)/b32-16+. The molecular formula is C34H35NO6S. The monoisotopic (exact) mass is 585 g/mol. The lowest BCUT2D eigenvalue weighted by molar-refractivity contribution is -0.139. The van der Waals surface area contributed by atoms with Gasteiger partial charge in [0.1, 0.15) is 23.4 Å². The molecule has 1 atom stereocenters. The van der Waals surface area contributed by atoms with Crippen LogP contribution in [-0.2, 0) is 20.7 Å². The normalized spacial score (nSPS) is 16.3. The van der Waals surface area contributed by atoms with E-state index < -0.39 is 23.8 Å². The van der Waals surface area contributed by atoms with Crippen LogP contribution in [0.5, 0.6) is 11.5 Å². The van der Waals surface area contributed by atoms with Crippen LogP contribution in [0.1, 0.15) is 35.1 Å². The Kier molecular flexibility index (Phi) is 10.2. The second-order valence-corrected chi connectivity index (χ2v) is 12.1. The van der Waals surface area contributed by atoms with Gasteiger partial charge in [0.05, 0.1) is 19.8 Å². The second-order valence-electron chi connectivity index (χ2n) is 10.3. The van der Waals surface area contributed by atoms with Crippen LogP contribution in [0.3, 0.4) is 0 Å². The smallest absolute Gasteiger partial charge is 0.341 e. The van der Waals surface area contributed by atoms with E-state index in [0.29, 0.717) is 23.4 Å². The molecule has 42 heavy (non-hydrogen) atoms. The van der Waals surface area contributed by atoms with E-state index in [0.717, 1.165) is 78.4 Å². The van der Waals surface area contributed by atoms with E-state index >= 15 is 0 Å². The number of benzene rings is 3. The fraction of sp³-hybridized carbons (Fsp3) is 0.324. The summed E-state index contributed by atoms with van der Waals surface area (Å²) in [6.07, 6.45) is 4.10. The molecule has 5 rings (SSSR count). The average molecular weight is 586 g/mol. The zero-order valence-corrected chi connectivity index (χ0v) is 24.5. The lowest BCUT2D eigenvalue weighted by atomic mass is 9.97. The lowest BCUT2D eigenvalue weighted by Crippen LogP contribution is -2.36. The zero-order valence-electron chi connectivity index (χ0n) is 23.7. The summed E-state index contributed by atoms with van der Waals surface area (Å²) >= 11 is -0.950. The largest absolute Gasteiger partial charge is 0.611 e. The molecule has 1 N–H and O–H groups in total. The summed E-state index contributed by atoms with van der Waals surface area (Å²) in [5.41, 5.74) is 4.79. The molecule has 7 nitrogen and oxygen atoms in total. The first-order valence-electron chi connectivity index (χ1n) is 14.1. The minimum atomic E-state index is -1.02. The Balaban J connectivity index is 1.31. The molecule has 3 aromatic carbocycles. The number of carboxylic acid groups (broad SMARTS) is 1. The van der Waals surface area contributed by atoms with Crippen LogP contribution < -0.4 is 9.47 Å². The third-order valence-electron chi connectivity index (χ3n) is 7.09. The summed E-state index contributed by atoms with van der Waals surface area (Å²) in [5.74, 6) is 6.70. The van der Waals surface area contributed by atoms with Crippen LogP contribution in [0.4, 0.5) is 0 Å². The average Bonchev–Trinajstić information content (AvgIpc) is 3.86. The number of aryl methyl sites for hydroxylation is 1. The number of hydrogen-bond acceptors (Lipinski definition) is 6. The van der Waals surface area contributed by atoms with E-state index in [-0.39, 0.29) is 0 Å². The maximum Gasteiger partial charge on any atom is 0.341 e. The fourth-order valence-electron chi connectivity index (χ4n) is 4.63. The van der Waals surface area contributed by atoms with Gasteiger partial charge in [0, 0.05) is 31.5 Å². The molecule has 1 aliphatic heterocycles. The Morgan fingerprint density at radius 3 is 2.38 bits per heavy atom. The van der Waals surface area contributed by atoms with Crippen LogP contribution in [-0.4, -0.2) is 71.8 Å². The molecule has 0 spiro atoms. The van der Waals surface area contributed by atoms with Crippen molar-refractivity contribution in [1.82, 2.24) is 4.90 Å². The number of carboxylic acids is 1. The number of hydrogen-bond donors (Lipinski definition) is 1. The summed E-state index contributed by atoms with van der Waals surface area (Å²) in [6.45, 7) is 5.87. The van der Waals surface area contributed by atoms with Gasteiger partial charge in [-0.3, -0.25) is 4.90 Å². The third-order valence-corrected chi connectivity index (χ3v) is 8.91. The van der Waals surface area contributed by atoms with Crippen molar-refractivity contribution in [2.45, 2.75) is 29.9 Å². The first kappa shape index (κ1) is 29.7. The van der Waals surface area contributed by atoms with Crippen molar-refractivity contribution in [1.29, 1.82) is 0 Å². The molecule has 8 heteroatoms. The number of morpholine rings is 1. The molecule has 0 aromatic heterocycles. The van der Waals surface area contributed by atoms with E-state index in [1.807, 2.05) is 55.5 Å². The van der Waals surface area contributed by atoms with Gasteiger partial charge < -0.3 is 23.9 Å². The topological polar surface area (TPSA) is 91.3 Å². The number of carbonyl (C=O) groups is 1. The molecule has 1 heterocycles. The summed E-state index contributed by atoms with van der Waals surface area (Å²) < 4.78 is 29.4. The van der Waals surface area contributed by atoms with Gasteiger partial charge in [0.2, 0.25) is 0 Å². The third kappa shape index (κ3) is 8.40. The summed E-state index contributed by atoms with van der Waals surface area (Å²) in [5, 5.41) is 9.16. The summed E-state index contributed by atoms with van der Waals surface area (Å²) in [7, 11) is 0.